The molecule has 1 unspecified atom stereocenters. The third-order valence-corrected chi connectivity index (χ3v) is 7.22. The highest BCUT2D eigenvalue weighted by atomic mass is 19.2. The van der Waals surface area contributed by atoms with Gasteiger partial charge in [-0.1, -0.05) is 31.1 Å². The molecule has 0 aliphatic heterocycles. The molecule has 0 spiro atoms. The van der Waals surface area contributed by atoms with Crippen LogP contribution in [0.25, 0.3) is 11.1 Å². The van der Waals surface area contributed by atoms with E-state index in [9.17, 15) is 13.2 Å². The lowest BCUT2D eigenvalue weighted by atomic mass is 9.69. The standard InChI is InChI=1S/C26H28F4/c1-2-3-4-16-5-7-17(8-6-16)18-9-11-21-19(13-18)10-12-22(25(21)29)20-14-23(27)26(30)24(28)15-20/h2,10,12,14-18H,1,3-9,11,13H2. The van der Waals surface area contributed by atoms with Gasteiger partial charge in [-0.05, 0) is 91.5 Å². The van der Waals surface area contributed by atoms with Gasteiger partial charge in [-0.25, -0.2) is 17.6 Å². The first-order valence-electron chi connectivity index (χ1n) is 11.0. The van der Waals surface area contributed by atoms with Crippen LogP contribution in [-0.4, -0.2) is 0 Å². The van der Waals surface area contributed by atoms with Crippen molar-refractivity contribution in [3.63, 3.8) is 0 Å². The van der Waals surface area contributed by atoms with E-state index in [0.29, 0.717) is 23.8 Å². The average Bonchev–Trinajstić information content (AvgIpc) is 2.76. The SMILES string of the molecule is C=CCCC1CCC(C2CCc3c(ccc(-c4cc(F)c(F)c(F)c4)c3F)C2)CC1. The van der Waals surface area contributed by atoms with Crippen molar-refractivity contribution in [2.45, 2.75) is 57.8 Å². The first kappa shape index (κ1) is 21.1. The van der Waals surface area contributed by atoms with E-state index >= 15 is 4.39 Å². The minimum Gasteiger partial charge on any atom is -0.206 e. The van der Waals surface area contributed by atoms with Gasteiger partial charge in [0.1, 0.15) is 5.82 Å². The molecule has 0 aromatic heterocycles. The van der Waals surface area contributed by atoms with E-state index in [2.05, 4.69) is 6.58 Å². The minimum atomic E-state index is -1.53. The number of rotatable bonds is 5. The number of halogens is 4. The second kappa shape index (κ2) is 8.95. The molecule has 4 heteroatoms. The predicted octanol–water partition coefficient (Wildman–Crippen LogP) is 7.79. The Morgan fingerprint density at radius 3 is 2.23 bits per heavy atom. The Bertz CT molecular complexity index is 902. The van der Waals surface area contributed by atoms with E-state index in [-0.39, 0.29) is 11.1 Å². The van der Waals surface area contributed by atoms with Gasteiger partial charge in [0.2, 0.25) is 0 Å². The average molecular weight is 417 g/mol. The zero-order chi connectivity index (χ0) is 21.3. The van der Waals surface area contributed by atoms with Crippen LogP contribution in [0.2, 0.25) is 0 Å². The molecule has 4 rings (SSSR count). The molecule has 160 valence electrons. The van der Waals surface area contributed by atoms with Crippen molar-refractivity contribution in [3.05, 3.63) is 71.3 Å². The largest absolute Gasteiger partial charge is 0.206 e. The Balaban J connectivity index is 1.48. The fourth-order valence-corrected chi connectivity index (χ4v) is 5.48. The fraction of sp³-hybridized carbons (Fsp3) is 0.462. The number of fused-ring (bicyclic) bond motifs is 1. The van der Waals surface area contributed by atoms with Gasteiger partial charge >= 0.3 is 0 Å². The maximum atomic E-state index is 15.2. The summed E-state index contributed by atoms with van der Waals surface area (Å²) in [4.78, 5) is 0. The van der Waals surface area contributed by atoms with Gasteiger partial charge in [-0.15, -0.1) is 6.58 Å². The van der Waals surface area contributed by atoms with Crippen LogP contribution in [0.4, 0.5) is 17.6 Å². The van der Waals surface area contributed by atoms with Gasteiger partial charge in [0.25, 0.3) is 0 Å². The van der Waals surface area contributed by atoms with Crippen LogP contribution in [0.15, 0.2) is 36.9 Å². The van der Waals surface area contributed by atoms with E-state index < -0.39 is 23.3 Å². The Morgan fingerprint density at radius 2 is 1.57 bits per heavy atom. The van der Waals surface area contributed by atoms with Gasteiger partial charge in [0.05, 0.1) is 0 Å². The molecule has 0 amide bonds. The molecule has 2 aliphatic rings. The third-order valence-electron chi connectivity index (χ3n) is 7.22. The second-order valence-corrected chi connectivity index (χ2v) is 8.97. The van der Waals surface area contributed by atoms with E-state index in [0.717, 1.165) is 42.9 Å². The normalized spacial score (nSPS) is 23.8. The lowest BCUT2D eigenvalue weighted by molar-refractivity contribution is 0.184. The van der Waals surface area contributed by atoms with Crippen molar-refractivity contribution in [2.24, 2.45) is 17.8 Å². The number of hydrogen-bond acceptors (Lipinski definition) is 0. The number of benzene rings is 2. The third kappa shape index (κ3) is 4.19. The summed E-state index contributed by atoms with van der Waals surface area (Å²) in [5.74, 6) is -2.47. The quantitative estimate of drug-likeness (QED) is 0.265. The summed E-state index contributed by atoms with van der Waals surface area (Å²) in [5.41, 5.74) is 1.82. The molecule has 2 aromatic rings. The first-order chi connectivity index (χ1) is 14.5. The van der Waals surface area contributed by atoms with E-state index in [1.807, 2.05) is 12.1 Å². The van der Waals surface area contributed by atoms with Crippen LogP contribution in [0.3, 0.4) is 0 Å². The Kier molecular flexibility index (Phi) is 6.31. The molecular weight excluding hydrogens is 388 g/mol. The molecule has 0 saturated heterocycles. The van der Waals surface area contributed by atoms with Crippen molar-refractivity contribution in [1.82, 2.24) is 0 Å². The molecule has 2 aliphatic carbocycles. The maximum absolute atomic E-state index is 15.2. The highest BCUT2D eigenvalue weighted by molar-refractivity contribution is 5.66. The highest BCUT2D eigenvalue weighted by Crippen LogP contribution is 2.42. The summed E-state index contributed by atoms with van der Waals surface area (Å²) in [7, 11) is 0. The van der Waals surface area contributed by atoms with Crippen molar-refractivity contribution in [2.75, 3.05) is 0 Å². The van der Waals surface area contributed by atoms with Gasteiger partial charge < -0.3 is 0 Å². The molecule has 1 fully saturated rings. The van der Waals surface area contributed by atoms with E-state index in [4.69, 9.17) is 0 Å². The lowest BCUT2D eigenvalue weighted by Crippen LogP contribution is -2.27. The molecule has 30 heavy (non-hydrogen) atoms. The minimum absolute atomic E-state index is 0.0340. The Morgan fingerprint density at radius 1 is 0.867 bits per heavy atom. The molecule has 1 atom stereocenters. The van der Waals surface area contributed by atoms with Gasteiger partial charge in [0.15, 0.2) is 17.5 Å². The molecule has 2 aromatic carbocycles. The van der Waals surface area contributed by atoms with Crippen LogP contribution < -0.4 is 0 Å². The molecule has 0 radical (unpaired) electrons. The summed E-state index contributed by atoms with van der Waals surface area (Å²) in [6, 6.07) is 5.18. The smallest absolute Gasteiger partial charge is 0.194 e. The van der Waals surface area contributed by atoms with E-state index in [1.54, 1.807) is 6.07 Å². The van der Waals surface area contributed by atoms with Crippen molar-refractivity contribution < 1.29 is 17.6 Å². The predicted molar refractivity (Wildman–Crippen MR) is 112 cm³/mol. The number of allylic oxidation sites excluding steroid dienone is 1. The Labute approximate surface area is 176 Å². The maximum Gasteiger partial charge on any atom is 0.194 e. The zero-order valence-electron chi connectivity index (χ0n) is 17.2. The molecule has 0 N–H and O–H groups in total. The molecule has 0 nitrogen and oxygen atoms in total. The van der Waals surface area contributed by atoms with Crippen molar-refractivity contribution in [1.29, 1.82) is 0 Å². The van der Waals surface area contributed by atoms with E-state index in [1.165, 1.54) is 32.1 Å². The van der Waals surface area contributed by atoms with Crippen LogP contribution >= 0.6 is 0 Å². The summed E-state index contributed by atoms with van der Waals surface area (Å²) in [5, 5.41) is 0. The molecule has 0 heterocycles. The molecular formula is C26H28F4. The summed E-state index contributed by atoms with van der Waals surface area (Å²) < 4.78 is 55.7. The Hall–Kier alpha value is -2.10. The molecule has 0 bridgehead atoms. The van der Waals surface area contributed by atoms with Crippen LogP contribution in [0, 0.1) is 41.0 Å². The van der Waals surface area contributed by atoms with Crippen molar-refractivity contribution in [3.8, 4) is 11.1 Å². The van der Waals surface area contributed by atoms with Gasteiger partial charge in [0, 0.05) is 5.56 Å². The summed E-state index contributed by atoms with van der Waals surface area (Å²) >= 11 is 0. The van der Waals surface area contributed by atoms with Crippen LogP contribution in [-0.2, 0) is 12.8 Å². The van der Waals surface area contributed by atoms with Gasteiger partial charge in [-0.2, -0.15) is 0 Å². The zero-order valence-corrected chi connectivity index (χ0v) is 17.2. The molecule has 1 saturated carbocycles. The number of hydrogen-bond donors (Lipinski definition) is 0. The highest BCUT2D eigenvalue weighted by Gasteiger charge is 2.31. The topological polar surface area (TPSA) is 0 Å². The van der Waals surface area contributed by atoms with Crippen LogP contribution in [0.5, 0.6) is 0 Å². The fourth-order valence-electron chi connectivity index (χ4n) is 5.48. The summed E-state index contributed by atoms with van der Waals surface area (Å²) in [6.45, 7) is 3.82. The lowest BCUT2D eigenvalue weighted by Gasteiger charge is -2.36. The van der Waals surface area contributed by atoms with Crippen molar-refractivity contribution >= 4 is 0 Å². The first-order valence-corrected chi connectivity index (χ1v) is 11.0. The van der Waals surface area contributed by atoms with Gasteiger partial charge in [-0.3, -0.25) is 0 Å². The summed E-state index contributed by atoms with van der Waals surface area (Å²) in [6.07, 6.45) is 11.8. The van der Waals surface area contributed by atoms with Crippen LogP contribution in [0.1, 0.15) is 56.1 Å². The monoisotopic (exact) mass is 416 g/mol. The second-order valence-electron chi connectivity index (χ2n) is 8.97.